The predicted molar refractivity (Wildman–Crippen MR) is 123 cm³/mol. The highest BCUT2D eigenvalue weighted by Gasteiger charge is 2.15. The van der Waals surface area contributed by atoms with Crippen LogP contribution in [0.3, 0.4) is 0 Å². The highest BCUT2D eigenvalue weighted by atomic mass is 35.5. The number of hydrogen-bond donors (Lipinski definition) is 2. The Morgan fingerprint density at radius 3 is 2.46 bits per heavy atom. The van der Waals surface area contributed by atoms with E-state index in [1.54, 1.807) is 0 Å². The smallest absolute Gasteiger partial charge is 0.0640 e. The summed E-state index contributed by atoms with van der Waals surface area (Å²) in [5.41, 5.74) is 5.25. The fraction of sp³-hybridized carbons (Fsp3) is 0.500. The molecular formula is C24H31ClN2S. The Bertz CT molecular complexity index is 767. The average Bonchev–Trinajstić information content (AvgIpc) is 3.11. The lowest BCUT2D eigenvalue weighted by molar-refractivity contribution is 0.702. The Kier molecular flexibility index (Phi) is 7.22. The highest BCUT2D eigenvalue weighted by molar-refractivity contribution is 8.00. The highest BCUT2D eigenvalue weighted by Crippen LogP contribution is 2.34. The van der Waals surface area contributed by atoms with Gasteiger partial charge in [-0.25, -0.2) is 0 Å². The molecule has 0 amide bonds. The molecule has 1 aliphatic carbocycles. The Morgan fingerprint density at radius 1 is 0.929 bits per heavy atom. The van der Waals surface area contributed by atoms with Gasteiger partial charge in [-0.05, 0) is 73.7 Å². The SMILES string of the molecule is Clc1ccc2c(c1NCc1ccc(SC3CCCCCC3)cc1)CCNCC2. The fourth-order valence-corrected chi connectivity index (χ4v) is 5.85. The van der Waals surface area contributed by atoms with E-state index in [0.717, 1.165) is 48.4 Å². The van der Waals surface area contributed by atoms with E-state index in [9.17, 15) is 0 Å². The molecule has 28 heavy (non-hydrogen) atoms. The average molecular weight is 415 g/mol. The summed E-state index contributed by atoms with van der Waals surface area (Å²) in [6.07, 6.45) is 10.5. The molecule has 4 rings (SSSR count). The van der Waals surface area contributed by atoms with Gasteiger partial charge >= 0.3 is 0 Å². The van der Waals surface area contributed by atoms with Crippen molar-refractivity contribution in [1.29, 1.82) is 0 Å². The van der Waals surface area contributed by atoms with Crippen LogP contribution in [-0.4, -0.2) is 18.3 Å². The van der Waals surface area contributed by atoms with Crippen molar-refractivity contribution in [3.05, 3.63) is 58.1 Å². The minimum absolute atomic E-state index is 0.804. The minimum atomic E-state index is 0.804. The zero-order valence-electron chi connectivity index (χ0n) is 16.6. The predicted octanol–water partition coefficient (Wildman–Crippen LogP) is 6.46. The summed E-state index contributed by atoms with van der Waals surface area (Å²) in [5, 5.41) is 8.75. The summed E-state index contributed by atoms with van der Waals surface area (Å²) in [6.45, 7) is 2.89. The lowest BCUT2D eigenvalue weighted by atomic mass is 10.0. The van der Waals surface area contributed by atoms with Gasteiger partial charge in [0, 0.05) is 16.7 Å². The van der Waals surface area contributed by atoms with Gasteiger partial charge in [-0.3, -0.25) is 0 Å². The number of anilines is 1. The molecule has 150 valence electrons. The van der Waals surface area contributed by atoms with Crippen LogP contribution in [0.25, 0.3) is 0 Å². The molecule has 0 bridgehead atoms. The van der Waals surface area contributed by atoms with Crippen LogP contribution in [0, 0.1) is 0 Å². The van der Waals surface area contributed by atoms with Crippen molar-refractivity contribution >= 4 is 29.1 Å². The maximum Gasteiger partial charge on any atom is 0.0640 e. The lowest BCUT2D eigenvalue weighted by Gasteiger charge is -2.17. The Hall–Kier alpha value is -1.16. The quantitative estimate of drug-likeness (QED) is 0.549. The first-order valence-corrected chi connectivity index (χ1v) is 12.1. The Morgan fingerprint density at radius 2 is 1.68 bits per heavy atom. The molecule has 4 heteroatoms. The van der Waals surface area contributed by atoms with E-state index in [1.807, 2.05) is 6.07 Å². The summed E-state index contributed by atoms with van der Waals surface area (Å²) >= 11 is 8.62. The van der Waals surface area contributed by atoms with Gasteiger partial charge in [0.05, 0.1) is 10.7 Å². The summed E-state index contributed by atoms with van der Waals surface area (Å²) < 4.78 is 0. The summed E-state index contributed by atoms with van der Waals surface area (Å²) in [7, 11) is 0. The van der Waals surface area contributed by atoms with E-state index in [4.69, 9.17) is 11.6 Å². The number of fused-ring (bicyclic) bond motifs is 1. The zero-order valence-corrected chi connectivity index (χ0v) is 18.2. The van der Waals surface area contributed by atoms with Crippen LogP contribution >= 0.6 is 23.4 Å². The second-order valence-electron chi connectivity index (χ2n) is 8.04. The van der Waals surface area contributed by atoms with Crippen LogP contribution in [0.2, 0.25) is 5.02 Å². The van der Waals surface area contributed by atoms with Crippen LogP contribution in [-0.2, 0) is 19.4 Å². The molecule has 2 aliphatic rings. The second kappa shape index (κ2) is 10.0. The third-order valence-corrected chi connectivity index (χ3v) is 7.64. The molecule has 0 atom stereocenters. The van der Waals surface area contributed by atoms with Crippen molar-refractivity contribution in [3.63, 3.8) is 0 Å². The summed E-state index contributed by atoms with van der Waals surface area (Å²) in [6, 6.07) is 13.4. The van der Waals surface area contributed by atoms with E-state index < -0.39 is 0 Å². The van der Waals surface area contributed by atoms with Crippen molar-refractivity contribution in [2.75, 3.05) is 18.4 Å². The first kappa shape index (κ1) is 20.1. The molecule has 2 aromatic carbocycles. The van der Waals surface area contributed by atoms with Crippen LogP contribution in [0.5, 0.6) is 0 Å². The van der Waals surface area contributed by atoms with E-state index >= 15 is 0 Å². The van der Waals surface area contributed by atoms with E-state index in [2.05, 4.69) is 52.7 Å². The van der Waals surface area contributed by atoms with Gasteiger partial charge in [-0.2, -0.15) is 0 Å². The number of hydrogen-bond acceptors (Lipinski definition) is 3. The molecule has 2 aromatic rings. The second-order valence-corrected chi connectivity index (χ2v) is 9.82. The van der Waals surface area contributed by atoms with Gasteiger partial charge in [-0.1, -0.05) is 55.5 Å². The standard InChI is InChI=1S/C24H31ClN2S/c25-23-12-9-19-13-15-26-16-14-22(19)24(23)27-17-18-7-10-21(11-8-18)28-20-5-3-1-2-4-6-20/h7-12,20,26-27H,1-6,13-17H2. The molecule has 1 saturated carbocycles. The van der Waals surface area contributed by atoms with Crippen LogP contribution in [0.15, 0.2) is 41.3 Å². The third-order valence-electron chi connectivity index (χ3n) is 5.98. The normalized spacial score (nSPS) is 18.2. The van der Waals surface area contributed by atoms with E-state index in [-0.39, 0.29) is 0 Å². The maximum absolute atomic E-state index is 6.54. The summed E-state index contributed by atoms with van der Waals surface area (Å²) in [4.78, 5) is 1.41. The van der Waals surface area contributed by atoms with Crippen molar-refractivity contribution in [2.24, 2.45) is 0 Å². The van der Waals surface area contributed by atoms with Crippen molar-refractivity contribution < 1.29 is 0 Å². The first-order chi connectivity index (χ1) is 13.8. The molecule has 0 unspecified atom stereocenters. The Labute approximate surface area is 178 Å². The van der Waals surface area contributed by atoms with Gasteiger partial charge in [-0.15, -0.1) is 11.8 Å². The minimum Gasteiger partial charge on any atom is -0.380 e. The van der Waals surface area contributed by atoms with Crippen molar-refractivity contribution in [3.8, 4) is 0 Å². The molecule has 1 heterocycles. The molecule has 0 saturated heterocycles. The van der Waals surface area contributed by atoms with Crippen LogP contribution in [0.1, 0.15) is 55.2 Å². The van der Waals surface area contributed by atoms with Gasteiger partial charge in [0.1, 0.15) is 0 Å². The lowest BCUT2D eigenvalue weighted by Crippen LogP contribution is -2.16. The third kappa shape index (κ3) is 5.25. The number of halogens is 1. The number of rotatable bonds is 5. The maximum atomic E-state index is 6.54. The van der Waals surface area contributed by atoms with Crippen molar-refractivity contribution in [1.82, 2.24) is 5.32 Å². The fourth-order valence-electron chi connectivity index (χ4n) is 4.36. The van der Waals surface area contributed by atoms with E-state index in [1.165, 1.54) is 60.1 Å². The molecule has 0 radical (unpaired) electrons. The molecule has 0 aromatic heterocycles. The molecule has 0 spiro atoms. The molecule has 1 fully saturated rings. The molecule has 1 aliphatic heterocycles. The first-order valence-electron chi connectivity index (χ1n) is 10.8. The molecule has 2 N–H and O–H groups in total. The Balaban J connectivity index is 1.39. The largest absolute Gasteiger partial charge is 0.380 e. The molecule has 2 nitrogen and oxygen atoms in total. The van der Waals surface area contributed by atoms with Gasteiger partial charge in [0.2, 0.25) is 0 Å². The van der Waals surface area contributed by atoms with Gasteiger partial charge in [0.25, 0.3) is 0 Å². The van der Waals surface area contributed by atoms with Gasteiger partial charge < -0.3 is 10.6 Å². The van der Waals surface area contributed by atoms with E-state index in [0.29, 0.717) is 0 Å². The number of nitrogens with one attached hydrogen (secondary N) is 2. The zero-order chi connectivity index (χ0) is 19.2. The monoisotopic (exact) mass is 414 g/mol. The number of thioether (sulfide) groups is 1. The van der Waals surface area contributed by atoms with Crippen LogP contribution in [0.4, 0.5) is 5.69 Å². The topological polar surface area (TPSA) is 24.1 Å². The summed E-state index contributed by atoms with van der Waals surface area (Å²) in [5.74, 6) is 0. The van der Waals surface area contributed by atoms with Crippen molar-refractivity contribution in [2.45, 2.75) is 68.1 Å². The van der Waals surface area contributed by atoms with Crippen LogP contribution < -0.4 is 10.6 Å². The molecular weight excluding hydrogens is 384 g/mol. The number of benzene rings is 2. The van der Waals surface area contributed by atoms with Gasteiger partial charge in [0.15, 0.2) is 0 Å².